The summed E-state index contributed by atoms with van der Waals surface area (Å²) in [7, 11) is 0. The molecule has 21 heavy (non-hydrogen) atoms. The molecule has 3 heteroatoms. The Morgan fingerprint density at radius 3 is 2.57 bits per heavy atom. The normalized spacial score (nSPS) is 10.5. The Bertz CT molecular complexity index is 688. The molecule has 0 atom stereocenters. The molecular formula is C18H18N2S. The van der Waals surface area contributed by atoms with E-state index in [0.29, 0.717) is 0 Å². The lowest BCUT2D eigenvalue weighted by Crippen LogP contribution is -1.99. The molecule has 1 N–H and O–H groups in total. The summed E-state index contributed by atoms with van der Waals surface area (Å²) in [5.41, 5.74) is 4.97. The van der Waals surface area contributed by atoms with Crippen LogP contribution in [0.2, 0.25) is 0 Å². The maximum atomic E-state index is 4.36. The van der Waals surface area contributed by atoms with Crippen molar-refractivity contribution in [1.29, 1.82) is 0 Å². The van der Waals surface area contributed by atoms with E-state index in [1.165, 1.54) is 11.1 Å². The average molecular weight is 294 g/mol. The van der Waals surface area contributed by atoms with Crippen molar-refractivity contribution in [3.63, 3.8) is 0 Å². The summed E-state index contributed by atoms with van der Waals surface area (Å²) in [5, 5.41) is 6.54. The number of aryl methyl sites for hydroxylation is 1. The molecule has 0 amide bonds. The molecule has 0 aliphatic carbocycles. The first-order valence-corrected chi connectivity index (χ1v) is 8.05. The van der Waals surface area contributed by atoms with Gasteiger partial charge in [-0.05, 0) is 29.7 Å². The van der Waals surface area contributed by atoms with Gasteiger partial charge in [0.15, 0.2) is 0 Å². The lowest BCUT2D eigenvalue weighted by atomic mass is 10.1. The van der Waals surface area contributed by atoms with Crippen LogP contribution in [0.15, 0.2) is 60.1 Å². The number of hydrogen-bond acceptors (Lipinski definition) is 3. The molecule has 0 fully saturated rings. The second-order valence-corrected chi connectivity index (χ2v) is 5.84. The highest BCUT2D eigenvalue weighted by Gasteiger charge is 2.01. The van der Waals surface area contributed by atoms with E-state index in [4.69, 9.17) is 0 Å². The first-order valence-electron chi connectivity index (χ1n) is 7.17. The molecule has 3 rings (SSSR count). The second-order valence-electron chi connectivity index (χ2n) is 4.94. The minimum atomic E-state index is 0.839. The van der Waals surface area contributed by atoms with Gasteiger partial charge in [0.25, 0.3) is 0 Å². The van der Waals surface area contributed by atoms with Crippen molar-refractivity contribution in [2.75, 3.05) is 5.32 Å². The Labute approximate surface area is 129 Å². The Hall–Kier alpha value is -2.13. The highest BCUT2D eigenvalue weighted by atomic mass is 32.1. The number of rotatable bonds is 5. The highest BCUT2D eigenvalue weighted by molar-refractivity contribution is 7.13. The zero-order chi connectivity index (χ0) is 14.5. The monoisotopic (exact) mass is 294 g/mol. The van der Waals surface area contributed by atoms with Gasteiger partial charge in [0.1, 0.15) is 5.01 Å². The van der Waals surface area contributed by atoms with Crippen LogP contribution in [0.3, 0.4) is 0 Å². The SMILES string of the molecule is CCc1ccc(CNc2cccc(-c3nccs3)c2)cc1. The first kappa shape index (κ1) is 13.8. The lowest BCUT2D eigenvalue weighted by molar-refractivity contribution is 1.11. The van der Waals surface area contributed by atoms with Crippen molar-refractivity contribution >= 4 is 17.0 Å². The Morgan fingerprint density at radius 2 is 1.86 bits per heavy atom. The number of nitrogens with one attached hydrogen (secondary N) is 1. The fourth-order valence-electron chi connectivity index (χ4n) is 2.23. The quantitative estimate of drug-likeness (QED) is 0.717. The predicted molar refractivity (Wildman–Crippen MR) is 90.7 cm³/mol. The van der Waals surface area contributed by atoms with E-state index in [0.717, 1.165) is 29.2 Å². The van der Waals surface area contributed by atoms with Crippen molar-refractivity contribution in [2.45, 2.75) is 19.9 Å². The molecule has 0 saturated heterocycles. The van der Waals surface area contributed by atoms with E-state index in [9.17, 15) is 0 Å². The molecule has 0 aliphatic rings. The third-order valence-corrected chi connectivity index (χ3v) is 4.29. The third kappa shape index (κ3) is 3.50. The molecule has 0 aliphatic heterocycles. The number of hydrogen-bond donors (Lipinski definition) is 1. The Kier molecular flexibility index (Phi) is 4.31. The summed E-state index contributed by atoms with van der Waals surface area (Å²) in [6.07, 6.45) is 2.93. The number of nitrogens with zero attached hydrogens (tertiary/aromatic N) is 1. The van der Waals surface area contributed by atoms with E-state index in [1.54, 1.807) is 11.3 Å². The van der Waals surface area contributed by atoms with Crippen LogP contribution in [-0.2, 0) is 13.0 Å². The van der Waals surface area contributed by atoms with E-state index < -0.39 is 0 Å². The minimum Gasteiger partial charge on any atom is -0.381 e. The molecule has 0 bridgehead atoms. The zero-order valence-corrected chi connectivity index (χ0v) is 12.9. The fourth-order valence-corrected chi connectivity index (χ4v) is 2.86. The summed E-state index contributed by atoms with van der Waals surface area (Å²) in [4.78, 5) is 4.36. The van der Waals surface area contributed by atoms with Crippen LogP contribution < -0.4 is 5.32 Å². The topological polar surface area (TPSA) is 24.9 Å². The maximum absolute atomic E-state index is 4.36. The molecule has 3 aromatic rings. The van der Waals surface area contributed by atoms with Crippen LogP contribution in [0, 0.1) is 0 Å². The summed E-state index contributed by atoms with van der Waals surface area (Å²) < 4.78 is 0. The van der Waals surface area contributed by atoms with Crippen molar-refractivity contribution in [3.8, 4) is 10.6 Å². The smallest absolute Gasteiger partial charge is 0.123 e. The van der Waals surface area contributed by atoms with Gasteiger partial charge in [0, 0.05) is 29.4 Å². The van der Waals surface area contributed by atoms with E-state index in [-0.39, 0.29) is 0 Å². The van der Waals surface area contributed by atoms with Crippen LogP contribution in [0.1, 0.15) is 18.1 Å². The summed E-state index contributed by atoms with van der Waals surface area (Å²) >= 11 is 1.66. The molecular weight excluding hydrogens is 276 g/mol. The highest BCUT2D eigenvalue weighted by Crippen LogP contribution is 2.24. The third-order valence-electron chi connectivity index (χ3n) is 3.47. The fraction of sp³-hybridized carbons (Fsp3) is 0.167. The average Bonchev–Trinajstić information content (AvgIpc) is 3.08. The number of thiazole rings is 1. The van der Waals surface area contributed by atoms with Gasteiger partial charge in [-0.1, -0.05) is 43.3 Å². The molecule has 2 nitrogen and oxygen atoms in total. The standard InChI is InChI=1S/C18H18N2S/c1-2-14-6-8-15(9-7-14)13-20-17-5-3-4-16(12-17)18-19-10-11-21-18/h3-12,20H,2,13H2,1H3. The van der Waals surface area contributed by atoms with Gasteiger partial charge in [-0.2, -0.15) is 0 Å². The summed E-state index contributed by atoms with van der Waals surface area (Å²) in [6, 6.07) is 17.2. The van der Waals surface area contributed by atoms with Gasteiger partial charge in [-0.3, -0.25) is 0 Å². The Morgan fingerprint density at radius 1 is 1.05 bits per heavy atom. The molecule has 0 saturated carbocycles. The van der Waals surface area contributed by atoms with E-state index >= 15 is 0 Å². The molecule has 1 aromatic heterocycles. The van der Waals surface area contributed by atoms with Crippen LogP contribution in [0.25, 0.3) is 10.6 Å². The molecule has 0 spiro atoms. The van der Waals surface area contributed by atoms with Gasteiger partial charge in [0.2, 0.25) is 0 Å². The number of aromatic nitrogens is 1. The number of benzene rings is 2. The molecule has 0 unspecified atom stereocenters. The van der Waals surface area contributed by atoms with Gasteiger partial charge in [-0.25, -0.2) is 4.98 Å². The van der Waals surface area contributed by atoms with Crippen molar-refractivity contribution in [1.82, 2.24) is 4.98 Å². The Balaban J connectivity index is 1.68. The van der Waals surface area contributed by atoms with Crippen molar-refractivity contribution in [3.05, 3.63) is 71.2 Å². The molecule has 0 radical (unpaired) electrons. The van der Waals surface area contributed by atoms with E-state index in [1.807, 2.05) is 11.6 Å². The molecule has 1 heterocycles. The van der Waals surface area contributed by atoms with Crippen molar-refractivity contribution < 1.29 is 0 Å². The summed E-state index contributed by atoms with van der Waals surface area (Å²) in [6.45, 7) is 3.02. The predicted octanol–water partition coefficient (Wildman–Crippen LogP) is 4.98. The van der Waals surface area contributed by atoms with Crippen molar-refractivity contribution in [2.24, 2.45) is 0 Å². The largest absolute Gasteiger partial charge is 0.381 e. The first-order chi connectivity index (χ1) is 10.3. The van der Waals surface area contributed by atoms with Gasteiger partial charge in [-0.15, -0.1) is 11.3 Å². The van der Waals surface area contributed by atoms with Gasteiger partial charge >= 0.3 is 0 Å². The van der Waals surface area contributed by atoms with Gasteiger partial charge in [0.05, 0.1) is 0 Å². The van der Waals surface area contributed by atoms with Crippen LogP contribution >= 0.6 is 11.3 Å². The zero-order valence-electron chi connectivity index (χ0n) is 12.0. The molecule has 106 valence electrons. The number of anilines is 1. The van der Waals surface area contributed by atoms with Crippen LogP contribution in [-0.4, -0.2) is 4.98 Å². The van der Waals surface area contributed by atoms with Gasteiger partial charge < -0.3 is 5.32 Å². The second kappa shape index (κ2) is 6.55. The molecule has 2 aromatic carbocycles. The minimum absolute atomic E-state index is 0.839. The maximum Gasteiger partial charge on any atom is 0.123 e. The summed E-state index contributed by atoms with van der Waals surface area (Å²) in [5.74, 6) is 0. The van der Waals surface area contributed by atoms with Crippen LogP contribution in [0.5, 0.6) is 0 Å². The van der Waals surface area contributed by atoms with E-state index in [2.05, 4.69) is 65.8 Å². The lowest BCUT2D eigenvalue weighted by Gasteiger charge is -2.08. The van der Waals surface area contributed by atoms with Crippen LogP contribution in [0.4, 0.5) is 5.69 Å².